The topological polar surface area (TPSA) is 67.2 Å². The number of anilines is 1. The third-order valence-electron chi connectivity index (χ3n) is 4.03. The summed E-state index contributed by atoms with van der Waals surface area (Å²) in [6.45, 7) is 4.76. The fraction of sp³-hybridized carbons (Fsp3) is 0.467. The molecule has 0 bridgehead atoms. The number of hydrogen-bond acceptors (Lipinski definition) is 4. The van der Waals surface area contributed by atoms with Gasteiger partial charge < -0.3 is 15.1 Å². The number of oxazole rings is 1. The van der Waals surface area contributed by atoms with Crippen LogP contribution in [0.5, 0.6) is 0 Å². The van der Waals surface area contributed by atoms with Crippen molar-refractivity contribution in [1.29, 1.82) is 0 Å². The van der Waals surface area contributed by atoms with Gasteiger partial charge in [-0.3, -0.25) is 4.79 Å². The molecule has 1 aliphatic heterocycles. The van der Waals surface area contributed by atoms with Crippen LogP contribution in [-0.4, -0.2) is 23.0 Å². The molecule has 1 atom stereocenters. The van der Waals surface area contributed by atoms with Crippen LogP contribution >= 0.6 is 24.8 Å². The molecule has 2 aromatic rings. The number of benzene rings is 1. The number of hydrogen-bond donors (Lipinski definition) is 2. The predicted molar refractivity (Wildman–Crippen MR) is 92.1 cm³/mol. The van der Waals surface area contributed by atoms with Gasteiger partial charge in [0.25, 0.3) is 0 Å². The molecule has 0 radical (unpaired) electrons. The molecule has 0 spiro atoms. The minimum Gasteiger partial charge on any atom is -0.441 e. The summed E-state index contributed by atoms with van der Waals surface area (Å²) in [5, 5.41) is 6.33. The van der Waals surface area contributed by atoms with E-state index in [9.17, 15) is 4.79 Å². The van der Waals surface area contributed by atoms with Crippen molar-refractivity contribution in [3.63, 3.8) is 0 Å². The van der Waals surface area contributed by atoms with Gasteiger partial charge in [-0.05, 0) is 44.0 Å². The number of carbonyl (C=O) groups is 1. The molecular weight excluding hydrogens is 325 g/mol. The maximum atomic E-state index is 12.5. The third kappa shape index (κ3) is 3.37. The van der Waals surface area contributed by atoms with Gasteiger partial charge in [-0.15, -0.1) is 24.8 Å². The number of aromatic nitrogens is 1. The molecule has 3 rings (SSSR count). The van der Waals surface area contributed by atoms with Gasteiger partial charge in [0.1, 0.15) is 5.52 Å². The second-order valence-corrected chi connectivity index (χ2v) is 5.34. The molecule has 0 aliphatic carbocycles. The van der Waals surface area contributed by atoms with E-state index >= 15 is 0 Å². The molecule has 0 saturated carbocycles. The van der Waals surface area contributed by atoms with Crippen molar-refractivity contribution < 1.29 is 9.21 Å². The zero-order valence-electron chi connectivity index (χ0n) is 12.6. The molecule has 1 aromatic heterocycles. The quantitative estimate of drug-likeness (QED) is 0.893. The largest absolute Gasteiger partial charge is 0.441 e. The molecule has 1 saturated heterocycles. The van der Waals surface area contributed by atoms with Crippen molar-refractivity contribution >= 4 is 47.5 Å². The molecule has 1 aliphatic rings. The molecule has 122 valence electrons. The molecule has 1 fully saturated rings. The Morgan fingerprint density at radius 2 is 2.23 bits per heavy atom. The summed E-state index contributed by atoms with van der Waals surface area (Å²) in [6, 6.07) is 5.54. The summed E-state index contributed by atoms with van der Waals surface area (Å²) in [7, 11) is 0. The van der Waals surface area contributed by atoms with Gasteiger partial charge >= 0.3 is 0 Å². The molecule has 1 unspecified atom stereocenters. The number of carbonyl (C=O) groups excluding carboxylic acids is 1. The Morgan fingerprint density at radius 1 is 1.45 bits per heavy atom. The number of amides is 1. The van der Waals surface area contributed by atoms with E-state index in [1.165, 1.54) is 0 Å². The van der Waals surface area contributed by atoms with Crippen molar-refractivity contribution in [2.45, 2.75) is 38.6 Å². The van der Waals surface area contributed by atoms with Crippen LogP contribution in [0, 0.1) is 6.92 Å². The van der Waals surface area contributed by atoms with E-state index in [0.29, 0.717) is 5.89 Å². The van der Waals surface area contributed by atoms with Crippen LogP contribution in [0.1, 0.15) is 32.1 Å². The lowest BCUT2D eigenvalue weighted by atomic mass is 9.93. The van der Waals surface area contributed by atoms with Crippen LogP contribution in [0.2, 0.25) is 0 Å². The van der Waals surface area contributed by atoms with Gasteiger partial charge in [0, 0.05) is 12.6 Å². The molecule has 1 aromatic carbocycles. The number of nitrogens with zero attached hydrogens (tertiary/aromatic N) is 1. The van der Waals surface area contributed by atoms with E-state index < -0.39 is 5.54 Å². The zero-order valence-corrected chi connectivity index (χ0v) is 14.3. The van der Waals surface area contributed by atoms with Gasteiger partial charge in [0.15, 0.2) is 11.5 Å². The summed E-state index contributed by atoms with van der Waals surface area (Å²) >= 11 is 0. The van der Waals surface area contributed by atoms with Gasteiger partial charge in [0.05, 0.1) is 5.54 Å². The van der Waals surface area contributed by atoms with Crippen LogP contribution in [0.15, 0.2) is 22.6 Å². The lowest BCUT2D eigenvalue weighted by Gasteiger charge is -2.26. The highest BCUT2D eigenvalue weighted by atomic mass is 35.5. The first-order valence-electron chi connectivity index (χ1n) is 7.07. The number of aryl methyl sites for hydroxylation is 1. The third-order valence-corrected chi connectivity index (χ3v) is 4.03. The van der Waals surface area contributed by atoms with Gasteiger partial charge in [0.2, 0.25) is 5.91 Å². The maximum Gasteiger partial charge on any atom is 0.244 e. The second-order valence-electron chi connectivity index (χ2n) is 5.34. The number of fused-ring (bicyclic) bond motifs is 1. The van der Waals surface area contributed by atoms with Gasteiger partial charge in [-0.2, -0.15) is 0 Å². The van der Waals surface area contributed by atoms with E-state index in [0.717, 1.165) is 42.6 Å². The van der Waals surface area contributed by atoms with E-state index in [2.05, 4.69) is 15.6 Å². The van der Waals surface area contributed by atoms with E-state index in [1.54, 1.807) is 0 Å². The lowest BCUT2D eigenvalue weighted by molar-refractivity contribution is -0.122. The van der Waals surface area contributed by atoms with Crippen LogP contribution < -0.4 is 10.6 Å². The van der Waals surface area contributed by atoms with Crippen molar-refractivity contribution in [2.75, 3.05) is 11.9 Å². The van der Waals surface area contributed by atoms with E-state index in [-0.39, 0.29) is 30.7 Å². The summed E-state index contributed by atoms with van der Waals surface area (Å²) in [4.78, 5) is 16.8. The number of nitrogens with one attached hydrogen (secondary N) is 2. The Bertz CT molecular complexity index is 651. The molecule has 22 heavy (non-hydrogen) atoms. The Kier molecular flexibility index (Phi) is 6.23. The number of rotatable bonds is 3. The number of halogens is 2. The Labute approximate surface area is 142 Å². The molecular formula is C15H21Cl2N3O2. The Morgan fingerprint density at radius 3 is 2.86 bits per heavy atom. The zero-order chi connectivity index (χ0) is 14.2. The predicted octanol–water partition coefficient (Wildman–Crippen LogP) is 3.45. The van der Waals surface area contributed by atoms with Gasteiger partial charge in [-0.1, -0.05) is 6.92 Å². The summed E-state index contributed by atoms with van der Waals surface area (Å²) in [5.41, 5.74) is 1.85. The molecule has 2 heterocycles. The van der Waals surface area contributed by atoms with Crippen LogP contribution in [0.3, 0.4) is 0 Å². The molecule has 2 N–H and O–H groups in total. The minimum absolute atomic E-state index is 0. The highest BCUT2D eigenvalue weighted by Gasteiger charge is 2.39. The average Bonchev–Trinajstić information content (AvgIpc) is 3.04. The standard InChI is InChI=1S/C15H19N3O2.2ClH/c1-3-15(7-4-8-16-15)14(19)18-11-5-6-13-12(9-11)17-10(2)20-13;;/h5-6,9,16H,3-4,7-8H2,1-2H3,(H,18,19);2*1H. The van der Waals surface area contributed by atoms with Gasteiger partial charge in [-0.25, -0.2) is 4.98 Å². The average molecular weight is 346 g/mol. The first-order chi connectivity index (χ1) is 9.63. The smallest absolute Gasteiger partial charge is 0.244 e. The van der Waals surface area contributed by atoms with Crippen molar-refractivity contribution in [3.8, 4) is 0 Å². The first kappa shape index (κ1) is 18.7. The molecule has 1 amide bonds. The van der Waals surface area contributed by atoms with Crippen molar-refractivity contribution in [2.24, 2.45) is 0 Å². The van der Waals surface area contributed by atoms with Crippen molar-refractivity contribution in [1.82, 2.24) is 10.3 Å². The van der Waals surface area contributed by atoms with E-state index in [1.807, 2.05) is 32.0 Å². The summed E-state index contributed by atoms with van der Waals surface area (Å²) in [6.07, 6.45) is 2.73. The monoisotopic (exact) mass is 345 g/mol. The normalized spacial score (nSPS) is 20.3. The van der Waals surface area contributed by atoms with E-state index in [4.69, 9.17) is 4.42 Å². The lowest BCUT2D eigenvalue weighted by Crippen LogP contribution is -2.50. The highest BCUT2D eigenvalue weighted by Crippen LogP contribution is 2.26. The fourth-order valence-electron chi connectivity index (χ4n) is 2.83. The molecule has 7 heteroatoms. The van der Waals surface area contributed by atoms with Crippen LogP contribution in [0.4, 0.5) is 5.69 Å². The summed E-state index contributed by atoms with van der Waals surface area (Å²) < 4.78 is 5.43. The van der Waals surface area contributed by atoms with Crippen LogP contribution in [-0.2, 0) is 4.79 Å². The Balaban J connectivity index is 0.00000121. The minimum atomic E-state index is -0.422. The maximum absolute atomic E-state index is 12.5. The van der Waals surface area contributed by atoms with Crippen molar-refractivity contribution in [3.05, 3.63) is 24.1 Å². The highest BCUT2D eigenvalue weighted by molar-refractivity contribution is 5.99. The SMILES string of the molecule is CCC1(C(=O)Nc2ccc3oc(C)nc3c2)CCCN1.Cl.Cl. The fourth-order valence-corrected chi connectivity index (χ4v) is 2.83. The second kappa shape index (κ2) is 7.31. The Hall–Kier alpha value is -1.30. The summed E-state index contributed by atoms with van der Waals surface area (Å²) in [5.74, 6) is 0.669. The van der Waals surface area contributed by atoms with Crippen LogP contribution in [0.25, 0.3) is 11.1 Å². The molecule has 5 nitrogen and oxygen atoms in total. The first-order valence-corrected chi connectivity index (χ1v) is 7.07.